The number of rotatable bonds is 3. The molecule has 0 bridgehead atoms. The minimum atomic E-state index is -3.30. The molecule has 19 heavy (non-hydrogen) atoms. The molecule has 0 fully saturated rings. The molecule has 1 N–H and O–H groups in total. The van der Waals surface area contributed by atoms with Gasteiger partial charge >= 0.3 is 0 Å². The molecule has 1 aliphatic heterocycles. The number of carbonyl (C=O) groups is 1. The lowest BCUT2D eigenvalue weighted by atomic mass is 9.86. The first kappa shape index (κ1) is 13.9. The third-order valence-corrected chi connectivity index (χ3v) is 4.83. The van der Waals surface area contributed by atoms with Crippen LogP contribution in [0.3, 0.4) is 0 Å². The molecule has 1 heterocycles. The van der Waals surface area contributed by atoms with Gasteiger partial charge in [0.05, 0.1) is 11.2 Å². The van der Waals surface area contributed by atoms with Crippen molar-refractivity contribution in [1.29, 1.82) is 0 Å². The molecule has 1 aromatic rings. The number of hydrogen-bond acceptors (Lipinski definition) is 3. The first-order chi connectivity index (χ1) is 8.69. The van der Waals surface area contributed by atoms with Crippen LogP contribution in [0.1, 0.15) is 26.3 Å². The van der Waals surface area contributed by atoms with Crippen molar-refractivity contribution in [2.45, 2.75) is 26.2 Å². The zero-order valence-corrected chi connectivity index (χ0v) is 12.3. The van der Waals surface area contributed by atoms with Gasteiger partial charge in [0.25, 0.3) is 0 Å². The molecule has 0 aliphatic carbocycles. The lowest BCUT2D eigenvalue weighted by molar-refractivity contribution is -0.121. The van der Waals surface area contributed by atoms with Gasteiger partial charge in [-0.25, -0.2) is 8.42 Å². The summed E-state index contributed by atoms with van der Waals surface area (Å²) in [5.41, 5.74) is 1.54. The van der Waals surface area contributed by atoms with Crippen LogP contribution in [0.25, 0.3) is 0 Å². The number of carbonyl (C=O) groups excluding carboxylic acids is 1. The van der Waals surface area contributed by atoms with Crippen LogP contribution in [0, 0.1) is 0 Å². The number of anilines is 2. The zero-order chi connectivity index (χ0) is 14.4. The van der Waals surface area contributed by atoms with Crippen molar-refractivity contribution < 1.29 is 13.2 Å². The Kier molecular flexibility index (Phi) is 3.09. The monoisotopic (exact) mass is 282 g/mol. The summed E-state index contributed by atoms with van der Waals surface area (Å²) in [5.74, 6) is 0.0322. The molecule has 0 unspecified atom stereocenters. The van der Waals surface area contributed by atoms with Gasteiger partial charge in [-0.15, -0.1) is 0 Å². The van der Waals surface area contributed by atoms with E-state index in [0.29, 0.717) is 5.69 Å². The highest BCUT2D eigenvalue weighted by molar-refractivity contribution is 7.92. The molecular weight excluding hydrogens is 264 g/mol. The van der Waals surface area contributed by atoms with Crippen molar-refractivity contribution in [1.82, 2.24) is 0 Å². The zero-order valence-electron chi connectivity index (χ0n) is 11.5. The van der Waals surface area contributed by atoms with Crippen LogP contribution in [0.15, 0.2) is 18.2 Å². The van der Waals surface area contributed by atoms with Crippen LogP contribution in [0.4, 0.5) is 11.4 Å². The molecule has 6 heteroatoms. The summed E-state index contributed by atoms with van der Waals surface area (Å²) in [6, 6.07) is 5.19. The van der Waals surface area contributed by atoms with Crippen molar-refractivity contribution in [3.63, 3.8) is 0 Å². The van der Waals surface area contributed by atoms with E-state index in [2.05, 4.69) is 4.72 Å². The SMILES string of the molecule is CCS(=O)(=O)Nc1ccc2c(c1)C(C)(C)C(=O)N2C. The second kappa shape index (κ2) is 4.23. The van der Waals surface area contributed by atoms with E-state index in [1.165, 1.54) is 0 Å². The average molecular weight is 282 g/mol. The normalized spacial score (nSPS) is 17.5. The lowest BCUT2D eigenvalue weighted by Gasteiger charge is -2.17. The van der Waals surface area contributed by atoms with Crippen LogP contribution in [0.2, 0.25) is 0 Å². The summed E-state index contributed by atoms with van der Waals surface area (Å²) in [6.45, 7) is 5.27. The van der Waals surface area contributed by atoms with Gasteiger partial charge in [0, 0.05) is 18.4 Å². The van der Waals surface area contributed by atoms with E-state index in [0.717, 1.165) is 11.3 Å². The van der Waals surface area contributed by atoms with E-state index >= 15 is 0 Å². The van der Waals surface area contributed by atoms with Crippen molar-refractivity contribution in [2.24, 2.45) is 0 Å². The van der Waals surface area contributed by atoms with Gasteiger partial charge in [-0.2, -0.15) is 0 Å². The third-order valence-electron chi connectivity index (χ3n) is 3.52. The number of amides is 1. The highest BCUT2D eigenvalue weighted by Crippen LogP contribution is 2.41. The predicted octanol–water partition coefficient (Wildman–Crippen LogP) is 1.70. The quantitative estimate of drug-likeness (QED) is 0.917. The average Bonchev–Trinajstić information content (AvgIpc) is 2.51. The smallest absolute Gasteiger partial charge is 0.236 e. The van der Waals surface area contributed by atoms with Crippen LogP contribution >= 0.6 is 0 Å². The number of nitrogens with zero attached hydrogens (tertiary/aromatic N) is 1. The van der Waals surface area contributed by atoms with Gasteiger partial charge in [0.1, 0.15) is 0 Å². The maximum Gasteiger partial charge on any atom is 0.236 e. The molecule has 2 rings (SSSR count). The molecule has 0 spiro atoms. The fourth-order valence-electron chi connectivity index (χ4n) is 2.29. The van der Waals surface area contributed by atoms with Crippen LogP contribution in [0.5, 0.6) is 0 Å². The maximum atomic E-state index is 12.1. The van der Waals surface area contributed by atoms with E-state index in [1.54, 1.807) is 37.1 Å². The van der Waals surface area contributed by atoms with E-state index in [-0.39, 0.29) is 11.7 Å². The van der Waals surface area contributed by atoms with Crippen molar-refractivity contribution in [3.8, 4) is 0 Å². The highest BCUT2D eigenvalue weighted by Gasteiger charge is 2.42. The predicted molar refractivity (Wildman–Crippen MR) is 76.0 cm³/mol. The number of nitrogens with one attached hydrogen (secondary N) is 1. The van der Waals surface area contributed by atoms with Gasteiger partial charge < -0.3 is 4.90 Å². The first-order valence-corrected chi connectivity index (χ1v) is 7.77. The molecule has 5 nitrogen and oxygen atoms in total. The number of likely N-dealkylation sites (N-methyl/N-ethyl adjacent to an activating group) is 1. The van der Waals surface area contributed by atoms with Crippen LogP contribution < -0.4 is 9.62 Å². The fraction of sp³-hybridized carbons (Fsp3) is 0.462. The molecule has 1 aromatic carbocycles. The van der Waals surface area contributed by atoms with Crippen LogP contribution in [-0.2, 0) is 20.2 Å². The number of sulfonamides is 1. The Hall–Kier alpha value is -1.56. The standard InChI is InChI=1S/C13H18N2O3S/c1-5-19(17,18)14-9-6-7-11-10(8-9)13(2,3)12(16)15(11)4/h6-8,14H,5H2,1-4H3. The Morgan fingerprint density at radius 2 is 1.95 bits per heavy atom. The number of hydrogen-bond donors (Lipinski definition) is 1. The molecule has 0 saturated carbocycles. The largest absolute Gasteiger partial charge is 0.314 e. The summed E-state index contributed by atoms with van der Waals surface area (Å²) in [7, 11) is -1.57. The van der Waals surface area contributed by atoms with Crippen molar-refractivity contribution in [2.75, 3.05) is 22.4 Å². The third kappa shape index (κ3) is 2.20. The lowest BCUT2D eigenvalue weighted by Crippen LogP contribution is -2.33. The van der Waals surface area contributed by atoms with Gasteiger partial charge in [-0.3, -0.25) is 9.52 Å². The second-order valence-electron chi connectivity index (χ2n) is 5.23. The maximum absolute atomic E-state index is 12.1. The van der Waals surface area contributed by atoms with E-state index in [4.69, 9.17) is 0 Å². The highest BCUT2D eigenvalue weighted by atomic mass is 32.2. The van der Waals surface area contributed by atoms with Gasteiger partial charge in [-0.05, 0) is 44.5 Å². The van der Waals surface area contributed by atoms with E-state index in [1.807, 2.05) is 13.8 Å². The number of fused-ring (bicyclic) bond motifs is 1. The fourth-order valence-corrected chi connectivity index (χ4v) is 2.92. The van der Waals surface area contributed by atoms with E-state index < -0.39 is 15.4 Å². The summed E-state index contributed by atoms with van der Waals surface area (Å²) >= 11 is 0. The molecule has 104 valence electrons. The molecular formula is C13H18N2O3S. The van der Waals surface area contributed by atoms with Crippen molar-refractivity contribution in [3.05, 3.63) is 23.8 Å². The topological polar surface area (TPSA) is 66.5 Å². The van der Waals surface area contributed by atoms with E-state index in [9.17, 15) is 13.2 Å². The minimum absolute atomic E-state index is 0.0120. The Balaban J connectivity index is 2.47. The Morgan fingerprint density at radius 1 is 1.32 bits per heavy atom. The van der Waals surface area contributed by atoms with Crippen LogP contribution in [-0.4, -0.2) is 27.1 Å². The molecule has 1 aliphatic rings. The molecule has 1 amide bonds. The summed E-state index contributed by atoms with van der Waals surface area (Å²) in [6.07, 6.45) is 0. The van der Waals surface area contributed by atoms with Gasteiger partial charge in [-0.1, -0.05) is 0 Å². The first-order valence-electron chi connectivity index (χ1n) is 6.12. The second-order valence-corrected chi connectivity index (χ2v) is 7.24. The number of benzene rings is 1. The molecule has 0 aromatic heterocycles. The molecule has 0 saturated heterocycles. The van der Waals surface area contributed by atoms with Crippen molar-refractivity contribution >= 4 is 27.3 Å². The summed E-state index contributed by atoms with van der Waals surface area (Å²) < 4.78 is 25.6. The van der Waals surface area contributed by atoms with Gasteiger partial charge in [0.15, 0.2) is 0 Å². The summed E-state index contributed by atoms with van der Waals surface area (Å²) in [4.78, 5) is 13.7. The minimum Gasteiger partial charge on any atom is -0.314 e. The molecule has 0 radical (unpaired) electrons. The van der Waals surface area contributed by atoms with Gasteiger partial charge in [0.2, 0.25) is 15.9 Å². The summed E-state index contributed by atoms with van der Waals surface area (Å²) in [5, 5.41) is 0. The molecule has 0 atom stereocenters. The Morgan fingerprint density at radius 3 is 2.53 bits per heavy atom. The Bertz CT molecular complexity index is 635. The Labute approximate surface area is 113 Å².